The van der Waals surface area contributed by atoms with Crippen LogP contribution in [0.1, 0.15) is 6.92 Å². The number of carbonyl (C=O) groups excluding carboxylic acids is 2. The minimum absolute atomic E-state index is 0.785. The van der Waals surface area contributed by atoms with E-state index in [-0.39, 0.29) is 0 Å². The fourth-order valence-corrected chi connectivity index (χ4v) is 0.624. The number of nitrogens with one attached hydrogen (secondary N) is 1. The second kappa shape index (κ2) is 4.60. The first-order valence-corrected chi connectivity index (χ1v) is 3.52. The van der Waals surface area contributed by atoms with Gasteiger partial charge >= 0.3 is 6.18 Å². The van der Waals surface area contributed by atoms with E-state index in [2.05, 4.69) is 0 Å². The van der Waals surface area contributed by atoms with Gasteiger partial charge in [0.2, 0.25) is 5.91 Å². The summed E-state index contributed by atoms with van der Waals surface area (Å²) in [4.78, 5) is 21.4. The molecule has 0 aromatic carbocycles. The van der Waals surface area contributed by atoms with Crippen LogP contribution in [-0.4, -0.2) is 24.4 Å². The first kappa shape index (κ1) is 12.4. The SMILES string of the molecule is CC(=O)C(C#N)C(=O)NCC(F)(F)F. The first-order chi connectivity index (χ1) is 6.28. The Morgan fingerprint density at radius 1 is 1.50 bits per heavy atom. The van der Waals surface area contributed by atoms with Gasteiger partial charge in [-0.05, 0) is 6.92 Å². The van der Waals surface area contributed by atoms with Gasteiger partial charge < -0.3 is 5.32 Å². The van der Waals surface area contributed by atoms with Gasteiger partial charge in [-0.15, -0.1) is 0 Å². The van der Waals surface area contributed by atoms with Crippen molar-refractivity contribution in [2.24, 2.45) is 5.92 Å². The molecule has 0 bridgehead atoms. The lowest BCUT2D eigenvalue weighted by molar-refractivity contribution is -0.142. The number of Topliss-reactive ketones (excluding diaryl/α,β-unsaturated/α-hetero) is 1. The van der Waals surface area contributed by atoms with E-state index in [1.54, 1.807) is 0 Å². The van der Waals surface area contributed by atoms with Crippen LogP contribution in [0.25, 0.3) is 0 Å². The number of hydrogen-bond acceptors (Lipinski definition) is 3. The topological polar surface area (TPSA) is 70.0 Å². The molecule has 1 atom stereocenters. The zero-order valence-corrected chi connectivity index (χ0v) is 7.18. The second-order valence-corrected chi connectivity index (χ2v) is 2.51. The van der Waals surface area contributed by atoms with Crippen LogP contribution in [0, 0.1) is 17.2 Å². The lowest BCUT2D eigenvalue weighted by atomic mass is 10.1. The lowest BCUT2D eigenvalue weighted by Gasteiger charge is -2.09. The molecule has 0 saturated carbocycles. The molecule has 0 aromatic rings. The molecule has 0 aromatic heterocycles. The molecule has 14 heavy (non-hydrogen) atoms. The van der Waals surface area contributed by atoms with E-state index in [4.69, 9.17) is 5.26 Å². The van der Waals surface area contributed by atoms with Crippen LogP contribution in [0.4, 0.5) is 13.2 Å². The molecule has 0 spiro atoms. The molecule has 0 heterocycles. The fourth-order valence-electron chi connectivity index (χ4n) is 0.624. The molecule has 0 aliphatic rings. The first-order valence-electron chi connectivity index (χ1n) is 3.52. The van der Waals surface area contributed by atoms with Crippen molar-refractivity contribution in [2.75, 3.05) is 6.54 Å². The maximum Gasteiger partial charge on any atom is 0.405 e. The highest BCUT2D eigenvalue weighted by atomic mass is 19.4. The molecule has 1 N–H and O–H groups in total. The molecular weight excluding hydrogens is 201 g/mol. The smallest absolute Gasteiger partial charge is 0.345 e. The molecule has 0 aliphatic heterocycles. The highest BCUT2D eigenvalue weighted by molar-refractivity contribution is 6.02. The van der Waals surface area contributed by atoms with Crippen LogP contribution in [0.2, 0.25) is 0 Å². The summed E-state index contributed by atoms with van der Waals surface area (Å²) in [5, 5.41) is 9.73. The van der Waals surface area contributed by atoms with E-state index in [9.17, 15) is 22.8 Å². The molecule has 0 fully saturated rings. The number of halogens is 3. The molecule has 0 rings (SSSR count). The Morgan fingerprint density at radius 2 is 2.00 bits per heavy atom. The van der Waals surface area contributed by atoms with Gasteiger partial charge in [-0.2, -0.15) is 18.4 Å². The Kier molecular flexibility index (Phi) is 4.08. The van der Waals surface area contributed by atoms with Crippen molar-refractivity contribution in [1.29, 1.82) is 5.26 Å². The van der Waals surface area contributed by atoms with Gasteiger partial charge in [0.15, 0.2) is 11.7 Å². The molecule has 1 unspecified atom stereocenters. The molecular formula is C7H7F3N2O2. The maximum absolute atomic E-state index is 11.6. The molecule has 4 nitrogen and oxygen atoms in total. The zero-order valence-electron chi connectivity index (χ0n) is 7.18. The summed E-state index contributed by atoms with van der Waals surface area (Å²) in [6, 6.07) is 1.31. The van der Waals surface area contributed by atoms with Gasteiger partial charge in [-0.3, -0.25) is 9.59 Å². The maximum atomic E-state index is 11.6. The largest absolute Gasteiger partial charge is 0.405 e. The Hall–Kier alpha value is -1.58. The molecule has 78 valence electrons. The third kappa shape index (κ3) is 4.45. The van der Waals surface area contributed by atoms with E-state index in [0.29, 0.717) is 0 Å². The summed E-state index contributed by atoms with van der Waals surface area (Å²) >= 11 is 0. The number of nitrogens with zero attached hydrogens (tertiary/aromatic N) is 1. The standard InChI is InChI=1S/C7H7F3N2O2/c1-4(13)5(2-11)6(14)12-3-7(8,9)10/h5H,3H2,1H3,(H,12,14). The van der Waals surface area contributed by atoms with Crippen molar-refractivity contribution in [2.45, 2.75) is 13.1 Å². The molecule has 0 aliphatic carbocycles. The van der Waals surface area contributed by atoms with Crippen molar-refractivity contribution in [3.63, 3.8) is 0 Å². The van der Waals surface area contributed by atoms with Crippen molar-refractivity contribution in [3.8, 4) is 6.07 Å². The van der Waals surface area contributed by atoms with Crippen molar-refractivity contribution < 1.29 is 22.8 Å². The predicted octanol–water partition coefficient (Wildman–Crippen LogP) is 0.394. The van der Waals surface area contributed by atoms with Gasteiger partial charge in [-0.25, -0.2) is 0 Å². The average Bonchev–Trinajstić information content (AvgIpc) is 2.00. The summed E-state index contributed by atoms with van der Waals surface area (Å²) in [7, 11) is 0. The van der Waals surface area contributed by atoms with Gasteiger partial charge in [0.1, 0.15) is 6.54 Å². The number of hydrogen-bond donors (Lipinski definition) is 1. The molecule has 0 saturated heterocycles. The second-order valence-electron chi connectivity index (χ2n) is 2.51. The fraction of sp³-hybridized carbons (Fsp3) is 0.571. The number of rotatable bonds is 3. The Labute approximate surface area is 77.7 Å². The van der Waals surface area contributed by atoms with Crippen LogP contribution < -0.4 is 5.32 Å². The van der Waals surface area contributed by atoms with Crippen molar-refractivity contribution in [3.05, 3.63) is 0 Å². The highest BCUT2D eigenvalue weighted by Gasteiger charge is 2.30. The summed E-state index contributed by atoms with van der Waals surface area (Å²) in [6.07, 6.45) is -4.55. The average molecular weight is 208 g/mol. The minimum atomic E-state index is -4.55. The summed E-state index contributed by atoms with van der Waals surface area (Å²) < 4.78 is 34.8. The number of ketones is 1. The Morgan fingerprint density at radius 3 is 2.29 bits per heavy atom. The van der Waals surface area contributed by atoms with Crippen molar-refractivity contribution >= 4 is 11.7 Å². The lowest BCUT2D eigenvalue weighted by Crippen LogP contribution is -2.39. The van der Waals surface area contributed by atoms with Crippen LogP contribution in [0.5, 0.6) is 0 Å². The van der Waals surface area contributed by atoms with Gasteiger partial charge in [0, 0.05) is 0 Å². The molecule has 0 radical (unpaired) electrons. The minimum Gasteiger partial charge on any atom is -0.345 e. The third-order valence-corrected chi connectivity index (χ3v) is 1.26. The summed E-state index contributed by atoms with van der Waals surface area (Å²) in [6.45, 7) is -0.585. The van der Waals surface area contributed by atoms with Gasteiger partial charge in [0.25, 0.3) is 0 Å². The summed E-state index contributed by atoms with van der Waals surface area (Å²) in [5.74, 6) is -3.68. The Balaban J connectivity index is 4.22. The monoisotopic (exact) mass is 208 g/mol. The van der Waals surface area contributed by atoms with Gasteiger partial charge in [-0.1, -0.05) is 0 Å². The number of amides is 1. The number of carbonyl (C=O) groups is 2. The predicted molar refractivity (Wildman–Crippen MR) is 38.8 cm³/mol. The van der Waals surface area contributed by atoms with Crippen LogP contribution in [0.3, 0.4) is 0 Å². The van der Waals surface area contributed by atoms with E-state index >= 15 is 0 Å². The zero-order chi connectivity index (χ0) is 11.4. The van der Waals surface area contributed by atoms with Crippen LogP contribution >= 0.6 is 0 Å². The molecule has 1 amide bonds. The van der Waals surface area contributed by atoms with E-state index in [0.717, 1.165) is 6.92 Å². The van der Waals surface area contributed by atoms with Gasteiger partial charge in [0.05, 0.1) is 6.07 Å². The quantitative estimate of drug-likeness (QED) is 0.682. The molecule has 7 heteroatoms. The summed E-state index contributed by atoms with van der Waals surface area (Å²) in [5.41, 5.74) is 0. The Bertz CT molecular complexity index is 280. The van der Waals surface area contributed by atoms with Crippen LogP contribution in [-0.2, 0) is 9.59 Å². The van der Waals surface area contributed by atoms with Crippen LogP contribution in [0.15, 0.2) is 0 Å². The van der Waals surface area contributed by atoms with Crippen molar-refractivity contribution in [1.82, 2.24) is 5.32 Å². The third-order valence-electron chi connectivity index (χ3n) is 1.26. The van der Waals surface area contributed by atoms with E-state index < -0.39 is 30.3 Å². The van der Waals surface area contributed by atoms with E-state index in [1.165, 1.54) is 11.4 Å². The van der Waals surface area contributed by atoms with E-state index in [1.807, 2.05) is 0 Å². The normalized spacial score (nSPS) is 12.8. The number of alkyl halides is 3. The number of nitriles is 1. The highest BCUT2D eigenvalue weighted by Crippen LogP contribution is 2.12.